The Balaban J connectivity index is 2.21. The van der Waals surface area contributed by atoms with Crippen LogP contribution in [0.15, 0.2) is 11.1 Å². The molecule has 3 rings (SSSR count). The third kappa shape index (κ3) is 1.78. The van der Waals surface area contributed by atoms with Crippen LogP contribution in [0.5, 0.6) is 0 Å². The normalized spacial score (nSPS) is 37.7. The maximum absolute atomic E-state index is 9.69. The minimum atomic E-state index is -1.88. The lowest BCUT2D eigenvalue weighted by atomic mass is 9.54. The van der Waals surface area contributed by atoms with E-state index in [9.17, 15) is 21.0 Å². The molecule has 7 heteroatoms. The number of hydrogen-bond acceptors (Lipinski definition) is 4. The first kappa shape index (κ1) is 17.4. The number of fused-ring (bicyclic) bond motifs is 4. The molecule has 5 atom stereocenters. The highest BCUT2D eigenvalue weighted by molar-refractivity contribution is 6.24. The van der Waals surface area contributed by atoms with Crippen LogP contribution in [-0.2, 0) is 0 Å². The predicted molar refractivity (Wildman–Crippen MR) is 88.6 cm³/mol. The average Bonchev–Trinajstić information content (AvgIpc) is 3.16. The second-order valence-corrected chi connectivity index (χ2v) is 7.82. The zero-order valence-corrected chi connectivity index (χ0v) is 14.9. The Morgan fingerprint density at radius 3 is 1.92 bits per heavy atom. The standard InChI is InChI=1S/C17H13Cl3N4/c18-3-12-9-1-10(13(12)4-19)14-11(9)2-16(5-21,6-22)17(7-23,8-24)15(14)20/h9-10,12-13,15H,1-4H2/t9-,10-,12-,13+,15-/m1/s1. The molecular weight excluding hydrogens is 367 g/mol. The van der Waals surface area contributed by atoms with Gasteiger partial charge in [-0.2, -0.15) is 21.0 Å². The van der Waals surface area contributed by atoms with Crippen LogP contribution < -0.4 is 0 Å². The number of nitrogens with zero attached hydrogens (tertiary/aromatic N) is 4. The molecule has 4 nitrogen and oxygen atoms in total. The first-order valence-corrected chi connectivity index (χ1v) is 9.15. The van der Waals surface area contributed by atoms with Crippen molar-refractivity contribution in [1.82, 2.24) is 0 Å². The molecule has 0 heterocycles. The van der Waals surface area contributed by atoms with Crippen molar-refractivity contribution in [3.63, 3.8) is 0 Å². The highest BCUT2D eigenvalue weighted by Crippen LogP contribution is 2.66. The fourth-order valence-corrected chi connectivity index (χ4v) is 6.42. The van der Waals surface area contributed by atoms with Crippen molar-refractivity contribution in [3.8, 4) is 24.3 Å². The molecule has 2 bridgehead atoms. The summed E-state index contributed by atoms with van der Waals surface area (Å²) in [6, 6.07) is 7.69. The van der Waals surface area contributed by atoms with E-state index in [1.165, 1.54) is 0 Å². The van der Waals surface area contributed by atoms with E-state index in [0.29, 0.717) is 11.8 Å². The van der Waals surface area contributed by atoms with Gasteiger partial charge in [0.05, 0.1) is 29.7 Å². The summed E-state index contributed by atoms with van der Waals surface area (Å²) in [7, 11) is 0. The number of allylic oxidation sites excluding steroid dienone is 2. The molecule has 24 heavy (non-hydrogen) atoms. The van der Waals surface area contributed by atoms with E-state index in [1.54, 1.807) is 0 Å². The van der Waals surface area contributed by atoms with Crippen molar-refractivity contribution in [2.24, 2.45) is 34.5 Å². The molecule has 0 aromatic rings. The zero-order chi connectivity index (χ0) is 17.7. The molecule has 0 unspecified atom stereocenters. The van der Waals surface area contributed by atoms with E-state index < -0.39 is 16.2 Å². The van der Waals surface area contributed by atoms with Crippen LogP contribution in [-0.4, -0.2) is 17.1 Å². The van der Waals surface area contributed by atoms with E-state index in [-0.39, 0.29) is 30.1 Å². The van der Waals surface area contributed by atoms with E-state index in [1.807, 2.05) is 24.3 Å². The van der Waals surface area contributed by atoms with Gasteiger partial charge in [-0.1, -0.05) is 5.57 Å². The second kappa shape index (κ2) is 5.83. The molecule has 0 aromatic carbocycles. The minimum Gasteiger partial charge on any atom is -0.196 e. The van der Waals surface area contributed by atoms with Gasteiger partial charge in [-0.3, -0.25) is 0 Å². The van der Waals surface area contributed by atoms with Crippen LogP contribution in [0.2, 0.25) is 0 Å². The first-order chi connectivity index (χ1) is 11.5. The summed E-state index contributed by atoms with van der Waals surface area (Å²) in [6.07, 6.45) is 0.909. The second-order valence-electron chi connectivity index (χ2n) is 6.77. The Morgan fingerprint density at radius 2 is 1.46 bits per heavy atom. The van der Waals surface area contributed by atoms with Crippen molar-refractivity contribution in [3.05, 3.63) is 11.1 Å². The van der Waals surface area contributed by atoms with Gasteiger partial charge < -0.3 is 0 Å². The lowest BCUT2D eigenvalue weighted by Gasteiger charge is -2.45. The SMILES string of the molecule is N#CC1(C#N)CC2=C([C@@H](Cl)C1(C#N)C#N)[C@@H]1C[C@H]2[C@@H](CCl)[C@H]1CCl. The number of nitriles is 4. The van der Waals surface area contributed by atoms with Crippen LogP contribution in [0.3, 0.4) is 0 Å². The summed E-state index contributed by atoms with van der Waals surface area (Å²) >= 11 is 18.9. The maximum Gasteiger partial charge on any atom is 0.195 e. The summed E-state index contributed by atoms with van der Waals surface area (Å²) in [5, 5.41) is 37.7. The number of rotatable bonds is 2. The van der Waals surface area contributed by atoms with Crippen LogP contribution in [0.4, 0.5) is 0 Å². The van der Waals surface area contributed by atoms with Crippen LogP contribution in [0.1, 0.15) is 12.8 Å². The van der Waals surface area contributed by atoms with Gasteiger partial charge in [0.15, 0.2) is 10.8 Å². The highest BCUT2D eigenvalue weighted by Gasteiger charge is 2.67. The molecule has 0 aromatic heterocycles. The Bertz CT molecular complexity index is 748. The summed E-state index contributed by atoms with van der Waals surface area (Å²) < 4.78 is 0. The van der Waals surface area contributed by atoms with Gasteiger partial charge in [0, 0.05) is 18.2 Å². The minimum absolute atomic E-state index is 0.0743. The molecule has 0 spiro atoms. The smallest absolute Gasteiger partial charge is 0.195 e. The van der Waals surface area contributed by atoms with Gasteiger partial charge in [-0.05, 0) is 35.7 Å². The van der Waals surface area contributed by atoms with E-state index in [2.05, 4.69) is 0 Å². The van der Waals surface area contributed by atoms with Crippen LogP contribution in [0.25, 0.3) is 0 Å². The lowest BCUT2D eigenvalue weighted by molar-refractivity contribution is 0.234. The molecule has 3 aliphatic rings. The quantitative estimate of drug-likeness (QED) is 0.539. The topological polar surface area (TPSA) is 95.2 Å². The maximum atomic E-state index is 9.69. The van der Waals surface area contributed by atoms with Gasteiger partial charge in [0.25, 0.3) is 0 Å². The van der Waals surface area contributed by atoms with Gasteiger partial charge in [0.1, 0.15) is 0 Å². The molecule has 0 saturated heterocycles. The van der Waals surface area contributed by atoms with Crippen molar-refractivity contribution in [2.75, 3.05) is 11.8 Å². The number of hydrogen-bond donors (Lipinski definition) is 0. The largest absolute Gasteiger partial charge is 0.196 e. The van der Waals surface area contributed by atoms with E-state index in [4.69, 9.17) is 34.8 Å². The fourth-order valence-electron chi connectivity index (χ4n) is 4.94. The molecule has 0 N–H and O–H groups in total. The Kier molecular flexibility index (Phi) is 4.22. The van der Waals surface area contributed by atoms with E-state index in [0.717, 1.165) is 17.6 Å². The lowest BCUT2D eigenvalue weighted by Crippen LogP contribution is -2.51. The van der Waals surface area contributed by atoms with Gasteiger partial charge in [0.2, 0.25) is 0 Å². The van der Waals surface area contributed by atoms with Gasteiger partial charge in [-0.15, -0.1) is 34.8 Å². The predicted octanol–water partition coefficient (Wildman–Crippen LogP) is 3.72. The Morgan fingerprint density at radius 1 is 0.917 bits per heavy atom. The third-order valence-electron chi connectivity index (χ3n) is 6.18. The number of halogens is 3. The van der Waals surface area contributed by atoms with Crippen molar-refractivity contribution >= 4 is 34.8 Å². The van der Waals surface area contributed by atoms with E-state index >= 15 is 0 Å². The highest BCUT2D eigenvalue weighted by atomic mass is 35.5. The van der Waals surface area contributed by atoms with Crippen LogP contribution in [0, 0.1) is 79.8 Å². The average molecular weight is 380 g/mol. The van der Waals surface area contributed by atoms with Crippen molar-refractivity contribution < 1.29 is 0 Å². The molecule has 0 amide bonds. The molecule has 1 fully saturated rings. The molecule has 0 aliphatic heterocycles. The third-order valence-corrected chi connectivity index (χ3v) is 7.46. The van der Waals surface area contributed by atoms with Gasteiger partial charge in [-0.25, -0.2) is 0 Å². The summed E-state index contributed by atoms with van der Waals surface area (Å²) in [5.41, 5.74) is -1.83. The number of alkyl halides is 3. The van der Waals surface area contributed by atoms with Gasteiger partial charge >= 0.3 is 0 Å². The zero-order valence-electron chi connectivity index (χ0n) is 12.6. The molecular formula is C17H13Cl3N4. The summed E-state index contributed by atoms with van der Waals surface area (Å²) in [5.74, 6) is 1.43. The first-order valence-electron chi connectivity index (χ1n) is 7.64. The monoisotopic (exact) mass is 378 g/mol. The Hall–Kier alpha value is -1.43. The summed E-state index contributed by atoms with van der Waals surface area (Å²) in [4.78, 5) is 0. The van der Waals surface area contributed by atoms with Crippen molar-refractivity contribution in [2.45, 2.75) is 18.2 Å². The Labute approximate surface area is 155 Å². The summed E-state index contributed by atoms with van der Waals surface area (Å²) in [6.45, 7) is 0. The van der Waals surface area contributed by atoms with Crippen molar-refractivity contribution in [1.29, 1.82) is 21.0 Å². The fraction of sp³-hybridized carbons (Fsp3) is 0.647. The molecule has 122 valence electrons. The van der Waals surface area contributed by atoms with Crippen LogP contribution >= 0.6 is 34.8 Å². The molecule has 3 aliphatic carbocycles. The molecule has 1 saturated carbocycles. The molecule has 0 radical (unpaired) electrons.